The van der Waals surface area contributed by atoms with Crippen LogP contribution in [0.25, 0.3) is 0 Å². The second kappa shape index (κ2) is 5.99. The number of amides is 2. The van der Waals surface area contributed by atoms with Crippen molar-refractivity contribution in [1.29, 1.82) is 0 Å². The quantitative estimate of drug-likeness (QED) is 0.662. The monoisotopic (exact) mass is 422 g/mol. The molecule has 0 saturated heterocycles. The number of aromatic nitrogens is 2. The number of nitrogens with zero attached hydrogens (tertiary/aromatic N) is 2. The Balaban J connectivity index is 1.49. The minimum atomic E-state index is -1.16. The summed E-state index contributed by atoms with van der Waals surface area (Å²) in [5.41, 5.74) is 1.78. The summed E-state index contributed by atoms with van der Waals surface area (Å²) in [6, 6.07) is 10.9. The summed E-state index contributed by atoms with van der Waals surface area (Å²) in [4.78, 5) is 25.9. The highest BCUT2D eigenvalue weighted by molar-refractivity contribution is 6.30. The van der Waals surface area contributed by atoms with Crippen LogP contribution in [0.15, 0.2) is 42.6 Å². The van der Waals surface area contributed by atoms with Gasteiger partial charge in [-0.05, 0) is 23.8 Å². The molecule has 3 aromatic rings. The van der Waals surface area contributed by atoms with E-state index in [-0.39, 0.29) is 25.0 Å². The van der Waals surface area contributed by atoms with E-state index >= 15 is 0 Å². The lowest BCUT2D eigenvalue weighted by molar-refractivity contribution is -0.125. The van der Waals surface area contributed by atoms with E-state index in [1.54, 1.807) is 35.1 Å². The van der Waals surface area contributed by atoms with Crippen LogP contribution in [0.3, 0.4) is 0 Å². The summed E-state index contributed by atoms with van der Waals surface area (Å²) in [6.45, 7) is 0.558. The van der Waals surface area contributed by atoms with E-state index < -0.39 is 5.41 Å². The van der Waals surface area contributed by atoms with Crippen LogP contribution in [0.2, 0.25) is 5.02 Å². The molecule has 8 nitrogen and oxygen atoms in total. The van der Waals surface area contributed by atoms with Crippen molar-refractivity contribution in [2.24, 2.45) is 0 Å². The number of hydrogen-bond donors (Lipinski definition) is 2. The summed E-state index contributed by atoms with van der Waals surface area (Å²) in [5, 5.41) is 10.9. The highest BCUT2D eigenvalue weighted by Gasteiger charge is 2.55. The van der Waals surface area contributed by atoms with E-state index in [4.69, 9.17) is 21.1 Å². The van der Waals surface area contributed by atoms with Gasteiger partial charge in [0.2, 0.25) is 18.6 Å². The minimum Gasteiger partial charge on any atom is -0.454 e. The summed E-state index contributed by atoms with van der Waals surface area (Å²) in [6.07, 6.45) is 1.65. The van der Waals surface area contributed by atoms with Crippen molar-refractivity contribution in [3.63, 3.8) is 0 Å². The van der Waals surface area contributed by atoms with Gasteiger partial charge in [0, 0.05) is 34.3 Å². The molecule has 3 aliphatic rings. The van der Waals surface area contributed by atoms with Gasteiger partial charge < -0.3 is 20.1 Å². The van der Waals surface area contributed by atoms with Crippen molar-refractivity contribution in [1.82, 2.24) is 9.78 Å². The van der Waals surface area contributed by atoms with Crippen molar-refractivity contribution in [3.05, 3.63) is 64.3 Å². The van der Waals surface area contributed by atoms with E-state index in [0.717, 1.165) is 5.56 Å². The van der Waals surface area contributed by atoms with Gasteiger partial charge in [-0.2, -0.15) is 5.10 Å². The van der Waals surface area contributed by atoms with Crippen molar-refractivity contribution >= 4 is 34.9 Å². The standard InChI is InChI=1S/C21H15ClN4O4/c22-12-3-1-11(2-4-12)9-26-19-14(8-23-26)21(7-18(27)25-19)13-5-16-17(30-10-29-16)6-15(13)24-20(21)28/h1-6,8H,7,9-10H2,(H,24,28)(H,25,27). The molecule has 9 heteroatoms. The second-order valence-corrected chi connectivity index (χ2v) is 7.96. The number of carbonyl (C=O) groups excluding carboxylic acids is 2. The van der Waals surface area contributed by atoms with Crippen LogP contribution < -0.4 is 20.1 Å². The SMILES string of the molecule is O=C1CC2(C(=O)Nc3cc4c(cc32)OCO4)c2cnn(Cc3ccc(Cl)cc3)c2N1. The molecule has 6 rings (SSSR count). The Morgan fingerprint density at radius 1 is 1.07 bits per heavy atom. The normalized spacial score (nSPS) is 20.7. The Kier molecular flexibility index (Phi) is 3.47. The molecule has 2 N–H and O–H groups in total. The lowest BCUT2D eigenvalue weighted by Gasteiger charge is -2.31. The molecule has 1 atom stereocenters. The third-order valence-electron chi connectivity index (χ3n) is 5.84. The number of halogens is 1. The molecule has 1 aromatic heterocycles. The zero-order chi connectivity index (χ0) is 20.5. The van der Waals surface area contributed by atoms with Gasteiger partial charge in [0.05, 0.1) is 12.7 Å². The number of hydrogen-bond acceptors (Lipinski definition) is 5. The fourth-order valence-corrected chi connectivity index (χ4v) is 4.54. The fraction of sp³-hybridized carbons (Fsp3) is 0.190. The van der Waals surface area contributed by atoms with E-state index in [9.17, 15) is 9.59 Å². The van der Waals surface area contributed by atoms with E-state index in [0.29, 0.717) is 45.7 Å². The zero-order valence-electron chi connectivity index (χ0n) is 15.6. The van der Waals surface area contributed by atoms with E-state index in [1.165, 1.54) is 0 Å². The molecular weight excluding hydrogens is 408 g/mol. The number of carbonyl (C=O) groups is 2. The maximum atomic E-state index is 13.2. The molecule has 0 fully saturated rings. The maximum Gasteiger partial charge on any atom is 0.240 e. The van der Waals surface area contributed by atoms with Gasteiger partial charge in [-0.25, -0.2) is 4.68 Å². The Bertz CT molecular complexity index is 1240. The molecule has 0 saturated carbocycles. The number of benzene rings is 2. The van der Waals surface area contributed by atoms with E-state index in [2.05, 4.69) is 15.7 Å². The predicted octanol–water partition coefficient (Wildman–Crippen LogP) is 2.89. The number of anilines is 2. The van der Waals surface area contributed by atoms with Crippen LogP contribution in [0, 0.1) is 0 Å². The smallest absolute Gasteiger partial charge is 0.240 e. The van der Waals surface area contributed by atoms with E-state index in [1.807, 2.05) is 12.1 Å². The van der Waals surface area contributed by atoms with Crippen molar-refractivity contribution in [2.45, 2.75) is 18.4 Å². The van der Waals surface area contributed by atoms with Crippen LogP contribution in [-0.4, -0.2) is 28.4 Å². The molecule has 1 spiro atoms. The van der Waals surface area contributed by atoms with Gasteiger partial charge in [0.15, 0.2) is 11.5 Å². The number of rotatable bonds is 2. The summed E-state index contributed by atoms with van der Waals surface area (Å²) in [5.74, 6) is 1.14. The molecule has 0 aliphatic carbocycles. The van der Waals surface area contributed by atoms with Crippen LogP contribution >= 0.6 is 11.6 Å². The number of fused-ring (bicyclic) bond motifs is 5. The molecule has 0 bridgehead atoms. The molecular formula is C21H15ClN4O4. The lowest BCUT2D eigenvalue weighted by atomic mass is 9.71. The van der Waals surface area contributed by atoms with Crippen molar-refractivity contribution < 1.29 is 19.1 Å². The first-order valence-electron chi connectivity index (χ1n) is 9.41. The Hall–Kier alpha value is -3.52. The second-order valence-electron chi connectivity index (χ2n) is 7.53. The van der Waals surface area contributed by atoms with Crippen molar-refractivity contribution in [2.75, 3.05) is 17.4 Å². The van der Waals surface area contributed by atoms with Gasteiger partial charge in [-0.3, -0.25) is 9.59 Å². The summed E-state index contributed by atoms with van der Waals surface area (Å²) >= 11 is 5.97. The number of ether oxygens (including phenoxy) is 2. The molecule has 150 valence electrons. The summed E-state index contributed by atoms with van der Waals surface area (Å²) < 4.78 is 12.6. The van der Waals surface area contributed by atoms with Gasteiger partial charge >= 0.3 is 0 Å². The first-order chi connectivity index (χ1) is 14.5. The maximum absolute atomic E-state index is 13.2. The average molecular weight is 423 g/mol. The molecule has 30 heavy (non-hydrogen) atoms. The molecule has 2 aromatic carbocycles. The van der Waals surface area contributed by atoms with Crippen LogP contribution in [0.4, 0.5) is 11.5 Å². The number of nitrogens with one attached hydrogen (secondary N) is 2. The first-order valence-corrected chi connectivity index (χ1v) is 9.78. The molecule has 1 unspecified atom stereocenters. The molecule has 3 aliphatic heterocycles. The Morgan fingerprint density at radius 2 is 1.83 bits per heavy atom. The molecule has 2 amide bonds. The third-order valence-corrected chi connectivity index (χ3v) is 6.09. The average Bonchev–Trinajstić information content (AvgIpc) is 3.41. The van der Waals surface area contributed by atoms with Crippen LogP contribution in [0.5, 0.6) is 11.5 Å². The summed E-state index contributed by atoms with van der Waals surface area (Å²) in [7, 11) is 0. The third kappa shape index (κ3) is 2.31. The van der Waals surface area contributed by atoms with Gasteiger partial charge in [-0.1, -0.05) is 23.7 Å². The topological polar surface area (TPSA) is 94.5 Å². The predicted molar refractivity (Wildman–Crippen MR) is 108 cm³/mol. The van der Waals surface area contributed by atoms with Gasteiger partial charge in [-0.15, -0.1) is 0 Å². The van der Waals surface area contributed by atoms with Gasteiger partial charge in [0.1, 0.15) is 11.2 Å². The fourth-order valence-electron chi connectivity index (χ4n) is 4.42. The molecule has 0 radical (unpaired) electrons. The Labute approximate surface area is 175 Å². The van der Waals surface area contributed by atoms with Gasteiger partial charge in [0.25, 0.3) is 0 Å². The first kappa shape index (κ1) is 17.3. The minimum absolute atomic E-state index is 0.00881. The highest BCUT2D eigenvalue weighted by atomic mass is 35.5. The van der Waals surface area contributed by atoms with Crippen molar-refractivity contribution in [3.8, 4) is 11.5 Å². The zero-order valence-corrected chi connectivity index (χ0v) is 16.3. The highest BCUT2D eigenvalue weighted by Crippen LogP contribution is 2.53. The Morgan fingerprint density at radius 3 is 2.63 bits per heavy atom. The molecule has 4 heterocycles. The largest absolute Gasteiger partial charge is 0.454 e. The van der Waals surface area contributed by atoms with Crippen LogP contribution in [0.1, 0.15) is 23.1 Å². The van der Waals surface area contributed by atoms with Crippen LogP contribution in [-0.2, 0) is 21.5 Å². The lowest BCUT2D eigenvalue weighted by Crippen LogP contribution is -2.43.